The van der Waals surface area contributed by atoms with Gasteiger partial charge in [-0.1, -0.05) is 23.4 Å². The second-order valence-corrected chi connectivity index (χ2v) is 8.52. The Morgan fingerprint density at radius 2 is 1.94 bits per heavy atom. The number of hydrogen-bond acceptors (Lipinski definition) is 7. The number of ether oxygens (including phenoxy) is 2. The monoisotopic (exact) mass is 475 g/mol. The van der Waals surface area contributed by atoms with Crippen molar-refractivity contribution in [2.75, 3.05) is 25.2 Å². The molecule has 3 heterocycles. The summed E-state index contributed by atoms with van der Waals surface area (Å²) in [5.74, 6) is -0.482. The number of anilines is 1. The van der Waals surface area contributed by atoms with Crippen LogP contribution in [0.25, 0.3) is 0 Å². The van der Waals surface area contributed by atoms with Crippen molar-refractivity contribution in [2.45, 2.75) is 31.8 Å². The van der Waals surface area contributed by atoms with E-state index in [1.165, 1.54) is 17.2 Å². The molecule has 2 atom stereocenters. The molecule has 2 aliphatic heterocycles. The van der Waals surface area contributed by atoms with E-state index in [0.29, 0.717) is 30.8 Å². The number of carbonyl (C=O) groups excluding carboxylic acids is 3. The fourth-order valence-corrected chi connectivity index (χ4v) is 4.95. The van der Waals surface area contributed by atoms with E-state index in [4.69, 9.17) is 14.0 Å². The van der Waals surface area contributed by atoms with E-state index in [9.17, 15) is 14.4 Å². The molecular formula is C26H25N3O6. The Kier molecular flexibility index (Phi) is 5.98. The van der Waals surface area contributed by atoms with Gasteiger partial charge in [-0.15, -0.1) is 0 Å². The van der Waals surface area contributed by atoms with Crippen molar-refractivity contribution in [1.29, 1.82) is 0 Å². The van der Waals surface area contributed by atoms with Crippen molar-refractivity contribution in [3.8, 4) is 5.75 Å². The predicted octanol–water partition coefficient (Wildman–Crippen LogP) is 3.41. The van der Waals surface area contributed by atoms with Crippen LogP contribution in [0, 0.1) is 0 Å². The number of amides is 2. The molecule has 0 saturated carbocycles. The predicted molar refractivity (Wildman–Crippen MR) is 125 cm³/mol. The van der Waals surface area contributed by atoms with Crippen LogP contribution in [0.15, 0.2) is 59.3 Å². The minimum absolute atomic E-state index is 0.0126. The van der Waals surface area contributed by atoms with Gasteiger partial charge in [0.15, 0.2) is 0 Å². The van der Waals surface area contributed by atoms with Gasteiger partial charge in [0.25, 0.3) is 11.8 Å². The van der Waals surface area contributed by atoms with Crippen LogP contribution in [0.5, 0.6) is 5.75 Å². The van der Waals surface area contributed by atoms with Crippen LogP contribution in [-0.4, -0.2) is 54.1 Å². The van der Waals surface area contributed by atoms with E-state index in [-0.39, 0.29) is 24.2 Å². The molecule has 35 heavy (non-hydrogen) atoms. The molecule has 0 bridgehead atoms. The molecule has 9 nitrogen and oxygen atoms in total. The highest BCUT2D eigenvalue weighted by Crippen LogP contribution is 2.45. The smallest absolute Gasteiger partial charge is 0.329 e. The second-order valence-electron chi connectivity index (χ2n) is 8.52. The molecule has 180 valence electrons. The molecular weight excluding hydrogens is 450 g/mol. The zero-order valence-electron chi connectivity index (χ0n) is 19.5. The molecule has 0 aliphatic carbocycles. The summed E-state index contributed by atoms with van der Waals surface area (Å²) >= 11 is 0. The summed E-state index contributed by atoms with van der Waals surface area (Å²) in [6.45, 7) is 2.77. The number of aromatic nitrogens is 1. The molecule has 0 spiro atoms. The van der Waals surface area contributed by atoms with Crippen molar-refractivity contribution in [2.24, 2.45) is 0 Å². The highest BCUT2D eigenvalue weighted by atomic mass is 16.5. The molecule has 0 fully saturated rings. The van der Waals surface area contributed by atoms with Crippen LogP contribution >= 0.6 is 0 Å². The topological polar surface area (TPSA) is 102 Å². The number of esters is 1. The first kappa shape index (κ1) is 22.6. The molecule has 0 radical (unpaired) electrons. The van der Waals surface area contributed by atoms with Gasteiger partial charge in [-0.3, -0.25) is 14.5 Å². The first-order chi connectivity index (χ1) is 17.0. The quantitative estimate of drug-likeness (QED) is 0.504. The molecule has 2 aromatic carbocycles. The van der Waals surface area contributed by atoms with Gasteiger partial charge in [-0.05, 0) is 48.7 Å². The summed E-state index contributed by atoms with van der Waals surface area (Å²) in [6.07, 6.45) is 1.70. The molecule has 0 saturated heterocycles. The minimum atomic E-state index is -0.851. The third-order valence-corrected chi connectivity index (χ3v) is 6.49. The Bertz CT molecular complexity index is 1250. The van der Waals surface area contributed by atoms with E-state index in [0.717, 1.165) is 16.9 Å². The Labute approximate surface area is 202 Å². The summed E-state index contributed by atoms with van der Waals surface area (Å²) in [6, 6.07) is 13.4. The van der Waals surface area contributed by atoms with Crippen molar-refractivity contribution in [3.63, 3.8) is 0 Å². The third kappa shape index (κ3) is 4.03. The third-order valence-electron chi connectivity index (χ3n) is 6.49. The molecule has 2 amide bonds. The van der Waals surface area contributed by atoms with Crippen LogP contribution in [0.4, 0.5) is 5.69 Å². The van der Waals surface area contributed by atoms with Gasteiger partial charge in [0.1, 0.15) is 11.8 Å². The number of carbonyl (C=O) groups is 3. The lowest BCUT2D eigenvalue weighted by atomic mass is 9.79. The Balaban J connectivity index is 1.53. The summed E-state index contributed by atoms with van der Waals surface area (Å²) in [7, 11) is 1.61. The van der Waals surface area contributed by atoms with Gasteiger partial charge in [-0.2, -0.15) is 0 Å². The summed E-state index contributed by atoms with van der Waals surface area (Å²) in [5.41, 5.74) is 2.80. The van der Waals surface area contributed by atoms with E-state index in [1.807, 2.05) is 24.3 Å². The second kappa shape index (κ2) is 9.25. The normalized spacial score (nSPS) is 18.7. The average molecular weight is 476 g/mol. The van der Waals surface area contributed by atoms with Crippen LogP contribution in [0.2, 0.25) is 0 Å². The fraction of sp³-hybridized carbons (Fsp3) is 0.308. The summed E-state index contributed by atoms with van der Waals surface area (Å²) < 4.78 is 15.6. The number of nitrogens with zero attached hydrogens (tertiary/aromatic N) is 3. The van der Waals surface area contributed by atoms with E-state index >= 15 is 0 Å². The fourth-order valence-electron chi connectivity index (χ4n) is 4.95. The van der Waals surface area contributed by atoms with Gasteiger partial charge in [-0.25, -0.2) is 4.79 Å². The highest BCUT2D eigenvalue weighted by Gasteiger charge is 2.46. The average Bonchev–Trinajstić information content (AvgIpc) is 3.42. The summed E-state index contributed by atoms with van der Waals surface area (Å²) in [4.78, 5) is 43.0. The first-order valence-corrected chi connectivity index (χ1v) is 11.5. The van der Waals surface area contributed by atoms with Gasteiger partial charge in [0.05, 0.1) is 19.9 Å². The molecule has 9 heteroatoms. The lowest BCUT2D eigenvalue weighted by molar-refractivity contribution is -0.145. The van der Waals surface area contributed by atoms with Gasteiger partial charge < -0.3 is 18.9 Å². The molecule has 1 aromatic heterocycles. The zero-order chi connectivity index (χ0) is 24.5. The van der Waals surface area contributed by atoms with Gasteiger partial charge in [0.2, 0.25) is 5.76 Å². The Morgan fingerprint density at radius 1 is 1.14 bits per heavy atom. The SMILES string of the molecule is CCOC(=O)[C@@H]1C[C@H]2CN(Cc3ccc(OC)cc3)C(=O)c3cccc(c32)N1C(=O)c1ccno1. The maximum atomic E-state index is 13.5. The molecule has 3 aromatic rings. The van der Waals surface area contributed by atoms with E-state index < -0.39 is 17.9 Å². The van der Waals surface area contributed by atoms with Crippen LogP contribution in [-0.2, 0) is 16.1 Å². The Hall–Kier alpha value is -4.14. The summed E-state index contributed by atoms with van der Waals surface area (Å²) in [5, 5.41) is 3.63. The highest BCUT2D eigenvalue weighted by molar-refractivity contribution is 6.10. The molecule has 0 unspecified atom stereocenters. The molecule has 0 N–H and O–H groups in total. The minimum Gasteiger partial charge on any atom is -0.497 e. The maximum Gasteiger partial charge on any atom is 0.329 e. The van der Waals surface area contributed by atoms with Gasteiger partial charge in [0, 0.05) is 36.3 Å². The number of benzene rings is 2. The Morgan fingerprint density at radius 3 is 2.63 bits per heavy atom. The van der Waals surface area contributed by atoms with Crippen LogP contribution in [0.1, 0.15) is 51.3 Å². The number of methoxy groups -OCH3 is 1. The van der Waals surface area contributed by atoms with Crippen molar-refractivity contribution in [3.05, 3.63) is 77.2 Å². The first-order valence-electron chi connectivity index (χ1n) is 11.5. The standard InChI is InChI=1S/C26H25N3O6/c1-3-34-26(32)21-13-17-15-28(14-16-7-9-18(33-2)10-8-16)24(30)19-5-4-6-20(23(17)19)29(21)25(31)22-11-12-27-35-22/h4-12,17,21H,3,13-15H2,1-2H3/t17-,21-/m0/s1. The van der Waals surface area contributed by atoms with Crippen molar-refractivity contribution < 1.29 is 28.4 Å². The van der Waals surface area contributed by atoms with Crippen LogP contribution < -0.4 is 9.64 Å². The lowest BCUT2D eigenvalue weighted by Gasteiger charge is -2.44. The van der Waals surface area contributed by atoms with Crippen molar-refractivity contribution in [1.82, 2.24) is 10.1 Å². The lowest BCUT2D eigenvalue weighted by Crippen LogP contribution is -2.53. The van der Waals surface area contributed by atoms with E-state index in [2.05, 4.69) is 5.16 Å². The van der Waals surface area contributed by atoms with Crippen molar-refractivity contribution >= 4 is 23.5 Å². The number of rotatable bonds is 6. The van der Waals surface area contributed by atoms with Crippen LogP contribution in [0.3, 0.4) is 0 Å². The number of hydrogen-bond donors (Lipinski definition) is 0. The zero-order valence-corrected chi connectivity index (χ0v) is 19.5. The molecule has 5 rings (SSSR count). The van der Waals surface area contributed by atoms with E-state index in [1.54, 1.807) is 37.1 Å². The molecule has 2 aliphatic rings. The van der Waals surface area contributed by atoms with Gasteiger partial charge >= 0.3 is 5.97 Å². The maximum absolute atomic E-state index is 13.5. The largest absolute Gasteiger partial charge is 0.497 e.